The van der Waals surface area contributed by atoms with Gasteiger partial charge in [-0.2, -0.15) is 5.10 Å². The molecule has 0 saturated heterocycles. The fourth-order valence-corrected chi connectivity index (χ4v) is 2.96. The molecule has 0 aliphatic heterocycles. The lowest BCUT2D eigenvalue weighted by Crippen LogP contribution is -2.18. The smallest absolute Gasteiger partial charge is 0.261 e. The van der Waals surface area contributed by atoms with E-state index in [4.69, 9.17) is 0 Å². The number of carbonyl (C=O) groups is 2. The summed E-state index contributed by atoms with van der Waals surface area (Å²) >= 11 is 0. The van der Waals surface area contributed by atoms with Crippen LogP contribution in [0.25, 0.3) is 16.9 Å². The standard InChI is InChI=1S/C21H17N5O2/c1-22-20(27)15-8-5-9-16(12-15)25-21(28)17-13-24-26-18(10-11-23-19(17)26)14-6-3-2-4-7-14/h2-13H,1H3,(H,22,27)(H,25,28). The molecule has 0 fully saturated rings. The van der Waals surface area contributed by atoms with Crippen LogP contribution in [0, 0.1) is 0 Å². The molecule has 2 heterocycles. The third-order valence-electron chi connectivity index (χ3n) is 4.33. The first-order chi connectivity index (χ1) is 13.7. The maximum absolute atomic E-state index is 12.8. The average molecular weight is 371 g/mol. The summed E-state index contributed by atoms with van der Waals surface area (Å²) < 4.78 is 1.64. The highest BCUT2D eigenvalue weighted by atomic mass is 16.2. The monoisotopic (exact) mass is 371 g/mol. The molecule has 2 N–H and O–H groups in total. The summed E-state index contributed by atoms with van der Waals surface area (Å²) in [5, 5.41) is 9.71. The van der Waals surface area contributed by atoms with Crippen molar-refractivity contribution in [2.45, 2.75) is 0 Å². The van der Waals surface area contributed by atoms with Gasteiger partial charge >= 0.3 is 0 Å². The number of rotatable bonds is 4. The van der Waals surface area contributed by atoms with E-state index in [0.717, 1.165) is 11.3 Å². The molecule has 0 atom stereocenters. The lowest BCUT2D eigenvalue weighted by Gasteiger charge is -2.07. The molecule has 7 nitrogen and oxygen atoms in total. The van der Waals surface area contributed by atoms with Gasteiger partial charge < -0.3 is 10.6 Å². The third kappa shape index (κ3) is 3.21. The third-order valence-corrected chi connectivity index (χ3v) is 4.33. The highest BCUT2D eigenvalue weighted by Crippen LogP contribution is 2.21. The Morgan fingerprint density at radius 3 is 2.57 bits per heavy atom. The first-order valence-electron chi connectivity index (χ1n) is 8.69. The van der Waals surface area contributed by atoms with E-state index < -0.39 is 0 Å². The van der Waals surface area contributed by atoms with Crippen LogP contribution in [0.5, 0.6) is 0 Å². The van der Waals surface area contributed by atoms with E-state index in [0.29, 0.717) is 22.5 Å². The van der Waals surface area contributed by atoms with Crippen molar-refractivity contribution in [3.05, 3.63) is 84.2 Å². The van der Waals surface area contributed by atoms with Crippen LogP contribution in [0.4, 0.5) is 5.69 Å². The number of amides is 2. The first-order valence-corrected chi connectivity index (χ1v) is 8.69. The highest BCUT2D eigenvalue weighted by molar-refractivity contribution is 6.08. The van der Waals surface area contributed by atoms with Gasteiger partial charge in [-0.3, -0.25) is 9.59 Å². The molecule has 28 heavy (non-hydrogen) atoms. The molecule has 2 amide bonds. The minimum atomic E-state index is -0.346. The quantitative estimate of drug-likeness (QED) is 0.577. The average Bonchev–Trinajstić information content (AvgIpc) is 3.18. The van der Waals surface area contributed by atoms with E-state index in [2.05, 4.69) is 20.7 Å². The van der Waals surface area contributed by atoms with Gasteiger partial charge in [0.05, 0.1) is 11.9 Å². The number of nitrogens with one attached hydrogen (secondary N) is 2. The van der Waals surface area contributed by atoms with Crippen molar-refractivity contribution < 1.29 is 9.59 Å². The number of benzene rings is 2. The zero-order valence-corrected chi connectivity index (χ0v) is 15.1. The number of fused-ring (bicyclic) bond motifs is 1. The van der Waals surface area contributed by atoms with E-state index in [1.165, 1.54) is 6.20 Å². The van der Waals surface area contributed by atoms with Crippen LogP contribution >= 0.6 is 0 Å². The van der Waals surface area contributed by atoms with E-state index in [1.54, 1.807) is 42.0 Å². The molecule has 2 aromatic heterocycles. The van der Waals surface area contributed by atoms with Crippen LogP contribution in [-0.2, 0) is 0 Å². The Morgan fingerprint density at radius 2 is 1.79 bits per heavy atom. The van der Waals surface area contributed by atoms with Crippen LogP contribution in [0.2, 0.25) is 0 Å². The fourth-order valence-electron chi connectivity index (χ4n) is 2.96. The molecule has 0 saturated carbocycles. The van der Waals surface area contributed by atoms with Gasteiger partial charge in [0.15, 0.2) is 5.65 Å². The molecule has 0 aliphatic rings. The van der Waals surface area contributed by atoms with Gasteiger partial charge in [0.1, 0.15) is 5.56 Å². The Kier molecular flexibility index (Phi) is 4.55. The largest absolute Gasteiger partial charge is 0.355 e. The van der Waals surface area contributed by atoms with Crippen molar-refractivity contribution in [2.24, 2.45) is 0 Å². The summed E-state index contributed by atoms with van der Waals surface area (Å²) in [6, 6.07) is 18.3. The van der Waals surface area contributed by atoms with Gasteiger partial charge in [0.2, 0.25) is 0 Å². The number of hydrogen-bond acceptors (Lipinski definition) is 4. The number of anilines is 1. The molecular weight excluding hydrogens is 354 g/mol. The van der Waals surface area contributed by atoms with Gasteiger partial charge in [-0.25, -0.2) is 9.50 Å². The zero-order chi connectivity index (χ0) is 19.5. The van der Waals surface area contributed by atoms with Crippen molar-refractivity contribution in [1.29, 1.82) is 0 Å². The fraction of sp³-hybridized carbons (Fsp3) is 0.0476. The van der Waals surface area contributed by atoms with E-state index in [9.17, 15) is 9.59 Å². The summed E-state index contributed by atoms with van der Waals surface area (Å²) in [6.45, 7) is 0. The first kappa shape index (κ1) is 17.4. The van der Waals surface area contributed by atoms with Crippen LogP contribution in [0.1, 0.15) is 20.7 Å². The lowest BCUT2D eigenvalue weighted by molar-refractivity contribution is 0.0961. The molecule has 0 unspecified atom stereocenters. The number of aromatic nitrogens is 3. The molecule has 138 valence electrons. The van der Waals surface area contributed by atoms with Gasteiger partial charge in [0.25, 0.3) is 11.8 Å². The summed E-state index contributed by atoms with van der Waals surface area (Å²) in [7, 11) is 1.56. The van der Waals surface area contributed by atoms with E-state index in [1.807, 2.05) is 36.4 Å². The van der Waals surface area contributed by atoms with Gasteiger partial charge in [-0.05, 0) is 24.3 Å². The molecule has 0 bridgehead atoms. The Morgan fingerprint density at radius 1 is 0.964 bits per heavy atom. The number of hydrogen-bond donors (Lipinski definition) is 2. The second-order valence-electron chi connectivity index (χ2n) is 6.10. The van der Waals surface area contributed by atoms with Gasteiger partial charge in [0, 0.05) is 30.1 Å². The molecule has 2 aromatic carbocycles. The van der Waals surface area contributed by atoms with E-state index >= 15 is 0 Å². The van der Waals surface area contributed by atoms with Crippen LogP contribution in [0.3, 0.4) is 0 Å². The summed E-state index contributed by atoms with van der Waals surface area (Å²) in [5.74, 6) is -0.567. The van der Waals surface area contributed by atoms with Crippen molar-refractivity contribution in [1.82, 2.24) is 19.9 Å². The van der Waals surface area contributed by atoms with Crippen LogP contribution in [-0.4, -0.2) is 33.5 Å². The highest BCUT2D eigenvalue weighted by Gasteiger charge is 2.17. The molecule has 0 aliphatic carbocycles. The molecule has 0 radical (unpaired) electrons. The zero-order valence-electron chi connectivity index (χ0n) is 15.1. The maximum atomic E-state index is 12.8. The lowest BCUT2D eigenvalue weighted by atomic mass is 10.1. The molecule has 4 rings (SSSR count). The Balaban J connectivity index is 1.67. The second-order valence-corrected chi connectivity index (χ2v) is 6.10. The van der Waals surface area contributed by atoms with E-state index in [-0.39, 0.29) is 11.8 Å². The van der Waals surface area contributed by atoms with Crippen LogP contribution < -0.4 is 10.6 Å². The van der Waals surface area contributed by atoms with Crippen molar-refractivity contribution >= 4 is 23.1 Å². The van der Waals surface area contributed by atoms with Crippen molar-refractivity contribution in [2.75, 3.05) is 12.4 Å². The van der Waals surface area contributed by atoms with Crippen molar-refractivity contribution in [3.8, 4) is 11.3 Å². The molecular formula is C21H17N5O2. The predicted molar refractivity (Wildman–Crippen MR) is 106 cm³/mol. The minimum absolute atomic E-state index is 0.221. The molecule has 0 spiro atoms. The number of carbonyl (C=O) groups excluding carboxylic acids is 2. The molecule has 4 aromatic rings. The summed E-state index contributed by atoms with van der Waals surface area (Å²) in [4.78, 5) is 28.9. The summed E-state index contributed by atoms with van der Waals surface area (Å²) in [5.41, 5.74) is 3.60. The van der Waals surface area contributed by atoms with Gasteiger partial charge in [-0.15, -0.1) is 0 Å². The maximum Gasteiger partial charge on any atom is 0.261 e. The normalized spacial score (nSPS) is 10.6. The number of nitrogens with zero attached hydrogens (tertiary/aromatic N) is 3. The Hall–Kier alpha value is -4.00. The predicted octanol–water partition coefficient (Wildman–Crippen LogP) is 3.01. The second kappa shape index (κ2) is 7.32. The van der Waals surface area contributed by atoms with Crippen LogP contribution in [0.15, 0.2) is 73.1 Å². The summed E-state index contributed by atoms with van der Waals surface area (Å²) in [6.07, 6.45) is 3.15. The van der Waals surface area contributed by atoms with Gasteiger partial charge in [-0.1, -0.05) is 36.4 Å². The topological polar surface area (TPSA) is 88.4 Å². The SMILES string of the molecule is CNC(=O)c1cccc(NC(=O)c2cnn3c(-c4ccccc4)ccnc23)c1. The Bertz CT molecular complexity index is 1170. The van der Waals surface area contributed by atoms with Crippen molar-refractivity contribution in [3.63, 3.8) is 0 Å². The molecule has 7 heteroatoms. The Labute approximate surface area is 161 Å². The minimum Gasteiger partial charge on any atom is -0.355 e.